The summed E-state index contributed by atoms with van der Waals surface area (Å²) >= 11 is 0. The molecule has 1 aromatic carbocycles. The molecule has 0 fully saturated rings. The normalized spacial score (nSPS) is 13.2. The molecule has 1 unspecified atom stereocenters. The molecule has 0 aromatic heterocycles. The molecular weight excluding hydrogens is 243 g/mol. The van der Waals surface area contributed by atoms with E-state index in [1.165, 1.54) is 12.1 Å². The van der Waals surface area contributed by atoms with Crippen LogP contribution in [0.15, 0.2) is 24.3 Å². The van der Waals surface area contributed by atoms with Gasteiger partial charge >= 0.3 is 6.18 Å². The van der Waals surface area contributed by atoms with Gasteiger partial charge in [-0.25, -0.2) is 0 Å². The molecule has 18 heavy (non-hydrogen) atoms. The van der Waals surface area contributed by atoms with Crippen molar-refractivity contribution >= 4 is 5.91 Å². The molecular formula is C13H16F3NO. The van der Waals surface area contributed by atoms with Gasteiger partial charge in [0.2, 0.25) is 5.91 Å². The third-order valence-corrected chi connectivity index (χ3v) is 2.64. The van der Waals surface area contributed by atoms with Gasteiger partial charge in [0, 0.05) is 6.04 Å². The van der Waals surface area contributed by atoms with Gasteiger partial charge in [0.1, 0.15) is 0 Å². The van der Waals surface area contributed by atoms with Crippen molar-refractivity contribution in [2.75, 3.05) is 0 Å². The number of carbonyl (C=O) groups excluding carboxylic acids is 1. The van der Waals surface area contributed by atoms with Crippen molar-refractivity contribution in [2.24, 2.45) is 0 Å². The Kier molecular flexibility index (Phi) is 4.76. The molecule has 100 valence electrons. The molecule has 0 aliphatic rings. The maximum atomic E-state index is 12.5. The van der Waals surface area contributed by atoms with Crippen molar-refractivity contribution in [3.8, 4) is 0 Å². The monoisotopic (exact) mass is 259 g/mol. The van der Waals surface area contributed by atoms with Crippen LogP contribution in [0.5, 0.6) is 0 Å². The number of halogens is 3. The topological polar surface area (TPSA) is 29.1 Å². The van der Waals surface area contributed by atoms with Crippen molar-refractivity contribution in [1.29, 1.82) is 0 Å². The fourth-order valence-corrected chi connectivity index (χ4v) is 1.47. The lowest BCUT2D eigenvalue weighted by molar-refractivity contribution is -0.137. The lowest BCUT2D eigenvalue weighted by Crippen LogP contribution is -2.33. The Morgan fingerprint density at radius 1 is 1.39 bits per heavy atom. The predicted octanol–water partition coefficient (Wildman–Crippen LogP) is 3.16. The molecule has 1 rings (SSSR count). The second-order valence-electron chi connectivity index (χ2n) is 4.25. The summed E-state index contributed by atoms with van der Waals surface area (Å²) in [5, 5.41) is 2.72. The third-order valence-electron chi connectivity index (χ3n) is 2.64. The maximum absolute atomic E-state index is 12.5. The zero-order chi connectivity index (χ0) is 13.8. The molecule has 0 aliphatic heterocycles. The molecule has 0 saturated heterocycles. The number of carbonyl (C=O) groups is 1. The number of hydrogen-bond donors (Lipinski definition) is 1. The largest absolute Gasteiger partial charge is 0.416 e. The highest BCUT2D eigenvalue weighted by atomic mass is 19.4. The molecule has 0 radical (unpaired) electrons. The van der Waals surface area contributed by atoms with Crippen LogP contribution >= 0.6 is 0 Å². The summed E-state index contributed by atoms with van der Waals surface area (Å²) in [4.78, 5) is 11.6. The summed E-state index contributed by atoms with van der Waals surface area (Å²) < 4.78 is 37.4. The Hall–Kier alpha value is -1.52. The van der Waals surface area contributed by atoms with Gasteiger partial charge in [-0.3, -0.25) is 4.79 Å². The highest BCUT2D eigenvalue weighted by Crippen LogP contribution is 2.29. The first kappa shape index (κ1) is 14.5. The van der Waals surface area contributed by atoms with E-state index in [9.17, 15) is 18.0 Å². The average Bonchev–Trinajstić information content (AvgIpc) is 2.27. The van der Waals surface area contributed by atoms with Gasteiger partial charge in [0.25, 0.3) is 0 Å². The first-order valence-corrected chi connectivity index (χ1v) is 5.78. The van der Waals surface area contributed by atoms with Gasteiger partial charge in [-0.05, 0) is 25.0 Å². The number of rotatable bonds is 4. The summed E-state index contributed by atoms with van der Waals surface area (Å²) in [5.41, 5.74) is -0.359. The van der Waals surface area contributed by atoms with E-state index in [0.717, 1.165) is 18.6 Å². The number of alkyl halides is 3. The fourth-order valence-electron chi connectivity index (χ4n) is 1.47. The van der Waals surface area contributed by atoms with E-state index < -0.39 is 11.7 Å². The highest BCUT2D eigenvalue weighted by molar-refractivity contribution is 5.78. The van der Waals surface area contributed by atoms with Crippen LogP contribution in [0, 0.1) is 0 Å². The summed E-state index contributed by atoms with van der Waals surface area (Å²) in [6, 6.07) is 4.87. The minimum atomic E-state index is -4.37. The van der Waals surface area contributed by atoms with Crippen molar-refractivity contribution < 1.29 is 18.0 Å². The van der Waals surface area contributed by atoms with Gasteiger partial charge in [0.15, 0.2) is 0 Å². The predicted molar refractivity (Wildman–Crippen MR) is 63.0 cm³/mol. The molecule has 5 heteroatoms. The molecule has 0 heterocycles. The number of hydrogen-bond acceptors (Lipinski definition) is 1. The molecule has 0 bridgehead atoms. The van der Waals surface area contributed by atoms with Crippen molar-refractivity contribution in [2.45, 2.75) is 38.9 Å². The molecule has 1 N–H and O–H groups in total. The van der Waals surface area contributed by atoms with E-state index in [4.69, 9.17) is 0 Å². The SMILES string of the molecule is CCC(C)NC(=O)Cc1cccc(C(F)(F)F)c1. The van der Waals surface area contributed by atoms with E-state index in [2.05, 4.69) is 5.32 Å². The van der Waals surface area contributed by atoms with Gasteiger partial charge in [0.05, 0.1) is 12.0 Å². The first-order chi connectivity index (χ1) is 8.32. The van der Waals surface area contributed by atoms with Crippen LogP contribution in [-0.4, -0.2) is 11.9 Å². The Morgan fingerprint density at radius 3 is 2.61 bits per heavy atom. The third kappa shape index (κ3) is 4.39. The van der Waals surface area contributed by atoms with Crippen LogP contribution in [0.1, 0.15) is 31.4 Å². The Labute approximate surface area is 104 Å². The lowest BCUT2D eigenvalue weighted by atomic mass is 10.1. The summed E-state index contributed by atoms with van der Waals surface area (Å²) in [7, 11) is 0. The van der Waals surface area contributed by atoms with E-state index in [1.54, 1.807) is 0 Å². The van der Waals surface area contributed by atoms with Crippen LogP contribution in [-0.2, 0) is 17.4 Å². The minimum Gasteiger partial charge on any atom is -0.353 e. The molecule has 1 aromatic rings. The molecule has 0 spiro atoms. The Bertz CT molecular complexity index is 415. The smallest absolute Gasteiger partial charge is 0.353 e. The first-order valence-electron chi connectivity index (χ1n) is 5.78. The van der Waals surface area contributed by atoms with Crippen molar-refractivity contribution in [3.05, 3.63) is 35.4 Å². The summed E-state index contributed by atoms with van der Waals surface area (Å²) in [6.07, 6.45) is -3.62. The van der Waals surface area contributed by atoms with Crippen molar-refractivity contribution in [3.63, 3.8) is 0 Å². The van der Waals surface area contributed by atoms with Crippen LogP contribution in [0.2, 0.25) is 0 Å². The zero-order valence-electron chi connectivity index (χ0n) is 10.3. The van der Waals surface area contributed by atoms with Crippen LogP contribution in [0.25, 0.3) is 0 Å². The standard InChI is InChI=1S/C13H16F3NO/c1-3-9(2)17-12(18)8-10-5-4-6-11(7-10)13(14,15)16/h4-7,9H,3,8H2,1-2H3,(H,17,18). The molecule has 1 amide bonds. The van der Waals surface area contributed by atoms with E-state index in [1.807, 2.05) is 13.8 Å². The van der Waals surface area contributed by atoms with E-state index in [0.29, 0.717) is 5.56 Å². The van der Waals surface area contributed by atoms with Crippen LogP contribution in [0.3, 0.4) is 0 Å². The Balaban J connectivity index is 2.71. The maximum Gasteiger partial charge on any atom is 0.416 e. The van der Waals surface area contributed by atoms with Crippen molar-refractivity contribution in [1.82, 2.24) is 5.32 Å². The molecule has 0 aliphatic carbocycles. The van der Waals surface area contributed by atoms with E-state index >= 15 is 0 Å². The second kappa shape index (κ2) is 5.89. The van der Waals surface area contributed by atoms with Crippen LogP contribution in [0.4, 0.5) is 13.2 Å². The van der Waals surface area contributed by atoms with Gasteiger partial charge in [-0.1, -0.05) is 25.1 Å². The van der Waals surface area contributed by atoms with Gasteiger partial charge in [-0.15, -0.1) is 0 Å². The molecule has 2 nitrogen and oxygen atoms in total. The fraction of sp³-hybridized carbons (Fsp3) is 0.462. The lowest BCUT2D eigenvalue weighted by Gasteiger charge is -2.12. The summed E-state index contributed by atoms with van der Waals surface area (Å²) in [6.45, 7) is 3.78. The summed E-state index contributed by atoms with van der Waals surface area (Å²) in [5.74, 6) is -0.260. The number of nitrogens with one attached hydrogen (secondary N) is 1. The number of amides is 1. The second-order valence-corrected chi connectivity index (χ2v) is 4.25. The highest BCUT2D eigenvalue weighted by Gasteiger charge is 2.30. The van der Waals surface area contributed by atoms with Gasteiger partial charge < -0.3 is 5.32 Å². The average molecular weight is 259 g/mol. The minimum absolute atomic E-state index is 0.0308. The molecule has 0 saturated carbocycles. The molecule has 1 atom stereocenters. The Morgan fingerprint density at radius 2 is 2.06 bits per heavy atom. The van der Waals surface area contributed by atoms with Crippen LogP contribution < -0.4 is 5.32 Å². The number of benzene rings is 1. The zero-order valence-corrected chi connectivity index (χ0v) is 10.3. The van der Waals surface area contributed by atoms with Gasteiger partial charge in [-0.2, -0.15) is 13.2 Å². The van der Waals surface area contributed by atoms with E-state index in [-0.39, 0.29) is 18.4 Å². The quantitative estimate of drug-likeness (QED) is 0.884.